The van der Waals surface area contributed by atoms with Gasteiger partial charge in [-0.2, -0.15) is 0 Å². The summed E-state index contributed by atoms with van der Waals surface area (Å²) in [5.74, 6) is -1.41. The van der Waals surface area contributed by atoms with Gasteiger partial charge in [-0.15, -0.1) is 0 Å². The minimum atomic E-state index is -1.41. The molecule has 0 aliphatic carbocycles. The van der Waals surface area contributed by atoms with Crippen molar-refractivity contribution >= 4 is 11.7 Å². The molecule has 0 saturated carbocycles. The van der Waals surface area contributed by atoms with Crippen LogP contribution in [0.2, 0.25) is 0 Å². The van der Waals surface area contributed by atoms with Gasteiger partial charge in [-0.05, 0) is 12.1 Å². The van der Waals surface area contributed by atoms with Crippen LogP contribution >= 0.6 is 0 Å². The molecule has 1 aromatic carbocycles. The summed E-state index contributed by atoms with van der Waals surface area (Å²) >= 11 is 0. The maximum atomic E-state index is 10.5. The fourth-order valence-electron chi connectivity index (χ4n) is 0.453. The van der Waals surface area contributed by atoms with Gasteiger partial charge < -0.3 is 10.8 Å². The van der Waals surface area contributed by atoms with Gasteiger partial charge in [-0.1, -0.05) is 18.2 Å². The van der Waals surface area contributed by atoms with E-state index in [9.17, 15) is 4.39 Å². The molecule has 0 atom stereocenters. The third kappa shape index (κ3) is 6.54. The Bertz CT molecular complexity index is 226. The lowest BCUT2D eigenvalue weighted by Gasteiger charge is -1.83. The Morgan fingerprint density at radius 1 is 1.42 bits per heavy atom. The van der Waals surface area contributed by atoms with Crippen LogP contribution in [-0.4, -0.2) is 17.8 Å². The summed E-state index contributed by atoms with van der Waals surface area (Å²) in [5, 5.41) is 7.35. The second-order valence-corrected chi connectivity index (χ2v) is 1.94. The fraction of sp³-hybridized carbons (Fsp3) is 0.125. The Kier molecular flexibility index (Phi) is 5.34. The lowest BCUT2D eigenvalue weighted by atomic mass is 10.3. The van der Waals surface area contributed by atoms with Gasteiger partial charge in [0.25, 0.3) is 0 Å². The van der Waals surface area contributed by atoms with E-state index in [0.29, 0.717) is 0 Å². The van der Waals surface area contributed by atoms with Gasteiger partial charge in [-0.3, -0.25) is 0 Å². The number of alkyl halides is 1. The number of nitrogens with two attached hydrogens (primary N) is 1. The minimum absolute atomic E-state index is 0.822. The molecular weight excluding hydrogens is 161 g/mol. The molecule has 0 aliphatic heterocycles. The highest BCUT2D eigenvalue weighted by Gasteiger charge is 1.85. The summed E-state index contributed by atoms with van der Waals surface area (Å²) in [7, 11) is 0. The SMILES string of the molecule is Nc1ccccc1.O=C(O)CF. The zero-order chi connectivity index (χ0) is 9.40. The van der Waals surface area contributed by atoms with Gasteiger partial charge in [0, 0.05) is 5.69 Å². The average molecular weight is 171 g/mol. The van der Waals surface area contributed by atoms with Crippen molar-refractivity contribution in [1.29, 1.82) is 0 Å². The number of hydrogen-bond acceptors (Lipinski definition) is 2. The zero-order valence-electron chi connectivity index (χ0n) is 6.40. The standard InChI is InChI=1S/C6H7N.C2H3FO2/c7-6-4-2-1-3-5-6;3-1-2(4)5/h1-5H,7H2;1H2,(H,4,5). The number of aliphatic carboxylic acids is 1. The normalized spacial score (nSPS) is 8.08. The Labute approximate surface area is 69.6 Å². The molecule has 0 fully saturated rings. The van der Waals surface area contributed by atoms with Gasteiger partial charge in [0.15, 0.2) is 6.67 Å². The third-order valence-electron chi connectivity index (χ3n) is 0.914. The highest BCUT2D eigenvalue weighted by molar-refractivity contribution is 5.67. The highest BCUT2D eigenvalue weighted by Crippen LogP contribution is 1.95. The summed E-state index contributed by atoms with van der Waals surface area (Å²) in [5.41, 5.74) is 6.18. The topological polar surface area (TPSA) is 63.3 Å². The number of carboxylic acids is 1. The van der Waals surface area contributed by atoms with Gasteiger partial charge in [0.05, 0.1) is 0 Å². The van der Waals surface area contributed by atoms with Crippen molar-refractivity contribution in [3.8, 4) is 0 Å². The number of halogens is 1. The van der Waals surface area contributed by atoms with Crippen LogP contribution in [0, 0.1) is 0 Å². The van der Waals surface area contributed by atoms with Gasteiger partial charge >= 0.3 is 5.97 Å². The van der Waals surface area contributed by atoms with Crippen molar-refractivity contribution in [3.63, 3.8) is 0 Å². The average Bonchev–Trinajstić information content (AvgIpc) is 2.07. The number of anilines is 1. The van der Waals surface area contributed by atoms with Crippen molar-refractivity contribution in [1.82, 2.24) is 0 Å². The van der Waals surface area contributed by atoms with Crippen molar-refractivity contribution in [2.75, 3.05) is 12.4 Å². The summed E-state index contributed by atoms with van der Waals surface area (Å²) in [6, 6.07) is 9.49. The zero-order valence-corrected chi connectivity index (χ0v) is 6.40. The largest absolute Gasteiger partial charge is 0.479 e. The van der Waals surface area contributed by atoms with E-state index in [1.165, 1.54) is 0 Å². The Balaban J connectivity index is 0.000000217. The van der Waals surface area contributed by atoms with E-state index >= 15 is 0 Å². The molecule has 0 aliphatic rings. The van der Waals surface area contributed by atoms with Crippen LogP contribution in [0.3, 0.4) is 0 Å². The first-order valence-electron chi connectivity index (χ1n) is 3.25. The van der Waals surface area contributed by atoms with Gasteiger partial charge in [0.2, 0.25) is 0 Å². The first-order valence-corrected chi connectivity index (χ1v) is 3.25. The number of benzene rings is 1. The second-order valence-electron chi connectivity index (χ2n) is 1.94. The quantitative estimate of drug-likeness (QED) is 0.626. The molecule has 0 amide bonds. The van der Waals surface area contributed by atoms with Crippen LogP contribution in [0.15, 0.2) is 30.3 Å². The van der Waals surface area contributed by atoms with Crippen LogP contribution in [0.1, 0.15) is 0 Å². The molecule has 12 heavy (non-hydrogen) atoms. The van der Waals surface area contributed by atoms with E-state index < -0.39 is 12.6 Å². The van der Waals surface area contributed by atoms with E-state index in [2.05, 4.69) is 0 Å². The summed E-state index contributed by atoms with van der Waals surface area (Å²) in [6.07, 6.45) is 0. The Hall–Kier alpha value is -1.58. The lowest BCUT2D eigenvalue weighted by molar-refractivity contribution is -0.137. The second kappa shape index (κ2) is 6.15. The molecule has 0 radical (unpaired) electrons. The first-order chi connectivity index (χ1) is 5.66. The smallest absolute Gasteiger partial charge is 0.335 e. The minimum Gasteiger partial charge on any atom is -0.479 e. The molecule has 0 bridgehead atoms. The number of carboxylic acid groups (broad SMARTS) is 1. The van der Waals surface area contributed by atoms with Gasteiger partial charge in [-0.25, -0.2) is 9.18 Å². The third-order valence-corrected chi connectivity index (χ3v) is 0.914. The number of para-hydroxylation sites is 1. The van der Waals surface area contributed by atoms with E-state index in [1.54, 1.807) is 0 Å². The fourth-order valence-corrected chi connectivity index (χ4v) is 0.453. The summed E-state index contributed by atoms with van der Waals surface area (Å²) in [4.78, 5) is 8.99. The molecule has 4 heteroatoms. The Morgan fingerprint density at radius 3 is 2.00 bits per heavy atom. The van der Waals surface area contributed by atoms with Crippen LogP contribution in [0.5, 0.6) is 0 Å². The first kappa shape index (κ1) is 10.4. The van der Waals surface area contributed by atoms with E-state index in [0.717, 1.165) is 5.69 Å². The highest BCUT2D eigenvalue weighted by atomic mass is 19.1. The van der Waals surface area contributed by atoms with Crippen molar-refractivity contribution in [3.05, 3.63) is 30.3 Å². The lowest BCUT2D eigenvalue weighted by Crippen LogP contribution is -1.93. The molecule has 1 aromatic rings. The van der Waals surface area contributed by atoms with E-state index in [1.807, 2.05) is 30.3 Å². The molecular formula is C8H10FNO2. The molecule has 66 valence electrons. The molecule has 3 N–H and O–H groups in total. The van der Waals surface area contributed by atoms with E-state index in [-0.39, 0.29) is 0 Å². The molecule has 0 aromatic heterocycles. The molecule has 0 spiro atoms. The molecule has 3 nitrogen and oxygen atoms in total. The van der Waals surface area contributed by atoms with Gasteiger partial charge in [0.1, 0.15) is 0 Å². The summed E-state index contributed by atoms with van der Waals surface area (Å²) in [6.45, 7) is -1.28. The number of rotatable bonds is 1. The maximum absolute atomic E-state index is 10.5. The van der Waals surface area contributed by atoms with Crippen molar-refractivity contribution in [2.24, 2.45) is 0 Å². The number of carbonyl (C=O) groups is 1. The van der Waals surface area contributed by atoms with Crippen molar-refractivity contribution < 1.29 is 14.3 Å². The molecule has 0 saturated heterocycles. The number of nitrogen functional groups attached to an aromatic ring is 1. The van der Waals surface area contributed by atoms with Crippen LogP contribution in [0.4, 0.5) is 10.1 Å². The molecule has 0 unspecified atom stereocenters. The van der Waals surface area contributed by atoms with Crippen LogP contribution < -0.4 is 5.73 Å². The predicted octanol–water partition coefficient (Wildman–Crippen LogP) is 1.31. The number of hydrogen-bond donors (Lipinski definition) is 2. The predicted molar refractivity (Wildman–Crippen MR) is 44.5 cm³/mol. The van der Waals surface area contributed by atoms with Crippen LogP contribution in [0.25, 0.3) is 0 Å². The molecule has 1 rings (SSSR count). The Morgan fingerprint density at radius 2 is 1.83 bits per heavy atom. The van der Waals surface area contributed by atoms with E-state index in [4.69, 9.17) is 15.6 Å². The van der Waals surface area contributed by atoms with Crippen LogP contribution in [-0.2, 0) is 4.79 Å². The van der Waals surface area contributed by atoms with Crippen molar-refractivity contribution in [2.45, 2.75) is 0 Å². The summed E-state index contributed by atoms with van der Waals surface area (Å²) < 4.78 is 10.5. The monoisotopic (exact) mass is 171 g/mol. The maximum Gasteiger partial charge on any atom is 0.335 e. The molecule has 0 heterocycles.